The van der Waals surface area contributed by atoms with Crippen molar-refractivity contribution >= 4 is 17.9 Å². The van der Waals surface area contributed by atoms with E-state index in [0.717, 1.165) is 20.8 Å². The van der Waals surface area contributed by atoms with Crippen molar-refractivity contribution in [2.24, 2.45) is 0 Å². The van der Waals surface area contributed by atoms with Gasteiger partial charge in [-0.25, -0.2) is 0 Å². The van der Waals surface area contributed by atoms with E-state index in [1.165, 1.54) is 0 Å². The molecule has 0 rings (SSSR count). The monoisotopic (exact) mass is 270 g/mol. The van der Waals surface area contributed by atoms with Crippen LogP contribution in [0, 0.1) is 0 Å². The number of aliphatic carboxylic acids is 3. The third kappa shape index (κ3) is 1290. The zero-order valence-corrected chi connectivity index (χ0v) is 9.60. The van der Waals surface area contributed by atoms with Crippen LogP contribution >= 0.6 is 0 Å². The van der Waals surface area contributed by atoms with E-state index in [1.54, 1.807) is 0 Å². The molecule has 0 spiro atoms. The maximum Gasteiger partial charge on any atom is 3.00 e. The van der Waals surface area contributed by atoms with Gasteiger partial charge in [0, 0.05) is 17.9 Å². The Morgan fingerprint density at radius 2 is 0.692 bits per heavy atom. The van der Waals surface area contributed by atoms with Crippen molar-refractivity contribution in [2.75, 3.05) is 0 Å². The smallest absolute Gasteiger partial charge is 0.550 e. The quantitative estimate of drug-likeness (QED) is 0.417. The number of carbonyl (C=O) groups excluding carboxylic acids is 3. The van der Waals surface area contributed by atoms with Crippen LogP contribution in [-0.4, -0.2) is 17.9 Å². The molecule has 0 amide bonds. The fourth-order valence-corrected chi connectivity index (χ4v) is 0. The summed E-state index contributed by atoms with van der Waals surface area (Å²) in [6.45, 7) is 2.92. The summed E-state index contributed by atoms with van der Waals surface area (Å²) in [6.07, 6.45) is 0. The van der Waals surface area contributed by atoms with Gasteiger partial charge in [-0.05, 0) is 20.8 Å². The minimum atomic E-state index is -1.08. The molecule has 0 aromatic carbocycles. The van der Waals surface area contributed by atoms with Crippen LogP contribution in [0.3, 0.4) is 0 Å². The molecule has 0 saturated carbocycles. The Hall–Kier alpha value is -0.850. The molecule has 74 valence electrons. The van der Waals surface area contributed by atoms with Crippen molar-refractivity contribution in [2.45, 2.75) is 20.8 Å². The second-order valence-corrected chi connectivity index (χ2v) is 1.47. The predicted molar refractivity (Wildman–Crippen MR) is 32.0 cm³/mol. The second kappa shape index (κ2) is 17.3. The van der Waals surface area contributed by atoms with Gasteiger partial charge in [0.15, 0.2) is 0 Å². The largest absolute Gasteiger partial charge is 3.00 e. The molecule has 0 radical (unpaired) electrons. The summed E-state index contributed by atoms with van der Waals surface area (Å²) < 4.78 is 0. The predicted octanol–water partition coefficient (Wildman–Crippen LogP) is -3.73. The Morgan fingerprint density at radius 3 is 0.692 bits per heavy atom. The molecule has 0 heterocycles. The molecular weight excluding hydrogens is 261 g/mol. The Balaban J connectivity index is -0.0000000450. The van der Waals surface area contributed by atoms with E-state index < -0.39 is 17.9 Å². The molecule has 0 saturated heterocycles. The number of hydrogen-bond acceptors (Lipinski definition) is 6. The van der Waals surface area contributed by atoms with Gasteiger partial charge in [-0.1, -0.05) is 0 Å². The average molecular weight is 270 g/mol. The maximum absolute atomic E-state index is 8.89. The Bertz CT molecular complexity index is 115. The third-order valence-corrected chi connectivity index (χ3v) is 0. The first-order chi connectivity index (χ1) is 5.20. The van der Waals surface area contributed by atoms with Crippen LogP contribution in [0.2, 0.25) is 0 Å². The number of rotatable bonds is 0. The topological polar surface area (TPSA) is 120 Å². The number of carboxylic acid groups (broad SMARTS) is 3. The van der Waals surface area contributed by atoms with Crippen LogP contribution in [0.25, 0.3) is 0 Å². The van der Waals surface area contributed by atoms with Crippen LogP contribution < -0.4 is 15.3 Å². The molecule has 0 unspecified atom stereocenters. The molecule has 0 aliphatic heterocycles. The summed E-state index contributed by atoms with van der Waals surface area (Å²) in [5.74, 6) is -3.25. The first-order valence-corrected chi connectivity index (χ1v) is 2.72. The first kappa shape index (κ1) is 22.7. The van der Waals surface area contributed by atoms with Crippen molar-refractivity contribution in [3.8, 4) is 0 Å². The van der Waals surface area contributed by atoms with E-state index in [0.29, 0.717) is 0 Å². The van der Waals surface area contributed by atoms with E-state index in [9.17, 15) is 0 Å². The molecule has 0 bridgehead atoms. The summed E-state index contributed by atoms with van der Waals surface area (Å²) in [4.78, 5) is 26.7. The fourth-order valence-electron chi connectivity index (χ4n) is 0. The summed E-state index contributed by atoms with van der Waals surface area (Å²) >= 11 is 0. The van der Waals surface area contributed by atoms with Gasteiger partial charge in [-0.2, -0.15) is 0 Å². The third-order valence-electron chi connectivity index (χ3n) is 0. The zero-order valence-electron chi connectivity index (χ0n) is 7.40. The van der Waals surface area contributed by atoms with Gasteiger partial charge < -0.3 is 29.7 Å². The van der Waals surface area contributed by atoms with Gasteiger partial charge in [-0.15, -0.1) is 0 Å². The standard InChI is InChI=1S/3C2H4O2.Nb/c3*1-2(3)4;/h3*1H3,(H,3,4);/q;;;+3/p-3. The average Bonchev–Trinajstić information content (AvgIpc) is 1.54. The van der Waals surface area contributed by atoms with Crippen molar-refractivity contribution in [3.63, 3.8) is 0 Å². The zero-order chi connectivity index (χ0) is 10.7. The van der Waals surface area contributed by atoms with Gasteiger partial charge >= 0.3 is 22.4 Å². The molecule has 0 fully saturated rings. The first-order valence-electron chi connectivity index (χ1n) is 2.72. The Kier molecular flexibility index (Phi) is 30.3. The van der Waals surface area contributed by atoms with Crippen LogP contribution in [0.4, 0.5) is 0 Å². The minimum absolute atomic E-state index is 0. The molecule has 0 N–H and O–H groups in total. The second-order valence-electron chi connectivity index (χ2n) is 1.47. The van der Waals surface area contributed by atoms with Crippen LogP contribution in [0.15, 0.2) is 0 Å². The van der Waals surface area contributed by atoms with E-state index >= 15 is 0 Å². The number of carbonyl (C=O) groups is 3. The Labute approximate surface area is 91.1 Å². The van der Waals surface area contributed by atoms with Crippen molar-refractivity contribution in [3.05, 3.63) is 0 Å². The molecule has 0 aliphatic carbocycles. The van der Waals surface area contributed by atoms with Gasteiger partial charge in [-0.3, -0.25) is 0 Å². The maximum atomic E-state index is 8.89. The van der Waals surface area contributed by atoms with Gasteiger partial charge in [0.1, 0.15) is 0 Å². The summed E-state index contributed by atoms with van der Waals surface area (Å²) in [6, 6.07) is 0. The summed E-state index contributed by atoms with van der Waals surface area (Å²) in [5.41, 5.74) is 0. The molecule has 0 aromatic heterocycles. The van der Waals surface area contributed by atoms with Crippen molar-refractivity contribution in [1.29, 1.82) is 0 Å². The molecule has 0 aromatic rings. The van der Waals surface area contributed by atoms with Crippen LogP contribution in [0.1, 0.15) is 20.8 Å². The fraction of sp³-hybridized carbons (Fsp3) is 0.500. The van der Waals surface area contributed by atoms with Crippen LogP contribution in [-0.2, 0) is 36.8 Å². The SMILES string of the molecule is CC(=O)[O-].CC(=O)[O-].CC(=O)[O-].[Nb+3]. The van der Waals surface area contributed by atoms with E-state index in [4.69, 9.17) is 29.7 Å². The van der Waals surface area contributed by atoms with Gasteiger partial charge in [0.05, 0.1) is 0 Å². The number of carboxylic acids is 3. The molecule has 13 heavy (non-hydrogen) atoms. The van der Waals surface area contributed by atoms with E-state index in [-0.39, 0.29) is 22.4 Å². The minimum Gasteiger partial charge on any atom is -0.550 e. The van der Waals surface area contributed by atoms with E-state index in [2.05, 4.69) is 0 Å². The van der Waals surface area contributed by atoms with E-state index in [1.807, 2.05) is 0 Å². The Morgan fingerprint density at radius 1 is 0.692 bits per heavy atom. The molecule has 0 aliphatic rings. The van der Waals surface area contributed by atoms with Gasteiger partial charge in [0.2, 0.25) is 0 Å². The molecular formula is C6H9NbO6. The van der Waals surface area contributed by atoms with Gasteiger partial charge in [0.25, 0.3) is 0 Å². The molecule has 7 heteroatoms. The normalized spacial score (nSPS) is 5.77. The summed E-state index contributed by atoms with van der Waals surface area (Å²) in [5, 5.41) is 26.7. The molecule has 0 atom stereocenters. The molecule has 6 nitrogen and oxygen atoms in total. The number of hydrogen-bond donors (Lipinski definition) is 0. The summed E-state index contributed by atoms with van der Waals surface area (Å²) in [7, 11) is 0. The van der Waals surface area contributed by atoms with Crippen LogP contribution in [0.5, 0.6) is 0 Å². The van der Waals surface area contributed by atoms with Crippen molar-refractivity contribution < 1.29 is 52.1 Å². The van der Waals surface area contributed by atoms with Crippen molar-refractivity contribution in [1.82, 2.24) is 0 Å².